The van der Waals surface area contributed by atoms with E-state index in [1.54, 1.807) is 13.2 Å². The summed E-state index contributed by atoms with van der Waals surface area (Å²) in [6.07, 6.45) is 6.11. The molecule has 1 aromatic rings. The summed E-state index contributed by atoms with van der Waals surface area (Å²) in [4.78, 5) is 6.74. The molecule has 0 unspecified atom stereocenters. The van der Waals surface area contributed by atoms with Gasteiger partial charge in [0, 0.05) is 39.9 Å². The molecule has 1 aliphatic carbocycles. The van der Waals surface area contributed by atoms with Crippen LogP contribution >= 0.6 is 0 Å². The Bertz CT molecular complexity index is 686. The maximum Gasteiger partial charge on any atom is 0.191 e. The van der Waals surface area contributed by atoms with E-state index in [9.17, 15) is 4.39 Å². The van der Waals surface area contributed by atoms with Crippen molar-refractivity contribution in [3.05, 3.63) is 29.6 Å². The second-order valence-corrected chi connectivity index (χ2v) is 8.38. The molecule has 6 nitrogen and oxygen atoms in total. The molecule has 1 saturated carbocycles. The molecule has 3 rings (SSSR count). The van der Waals surface area contributed by atoms with Crippen LogP contribution in [0.25, 0.3) is 0 Å². The molecule has 2 aliphatic rings. The third-order valence-electron chi connectivity index (χ3n) is 6.26. The standard InChI is InChI=1S/C23H37FN4O2/c1-3-25-22(27-18-23(10-13-29-2)8-4-5-9-23)26-17-19-6-7-21(20(24)16-19)28-11-14-30-15-12-28/h6-7,16H,3-5,8-15,17-18H2,1-2H3,(H2,25,26,27). The number of nitrogens with zero attached hydrogens (tertiary/aromatic N) is 2. The van der Waals surface area contributed by atoms with Crippen LogP contribution < -0.4 is 15.5 Å². The molecular formula is C23H37FN4O2. The van der Waals surface area contributed by atoms with Gasteiger partial charge in [-0.2, -0.15) is 0 Å². The van der Waals surface area contributed by atoms with Crippen LogP contribution in [-0.4, -0.2) is 59.1 Å². The summed E-state index contributed by atoms with van der Waals surface area (Å²) in [5.74, 6) is 0.603. The van der Waals surface area contributed by atoms with E-state index in [2.05, 4.69) is 17.6 Å². The van der Waals surface area contributed by atoms with Crippen LogP contribution in [-0.2, 0) is 16.0 Å². The van der Waals surface area contributed by atoms with Gasteiger partial charge in [-0.15, -0.1) is 0 Å². The van der Waals surface area contributed by atoms with Crippen LogP contribution in [0.3, 0.4) is 0 Å². The Morgan fingerprint density at radius 1 is 1.23 bits per heavy atom. The fourth-order valence-electron chi connectivity index (χ4n) is 4.45. The monoisotopic (exact) mass is 420 g/mol. The highest BCUT2D eigenvalue weighted by Crippen LogP contribution is 2.40. The van der Waals surface area contributed by atoms with Crippen LogP contribution in [0, 0.1) is 11.2 Å². The summed E-state index contributed by atoms with van der Waals surface area (Å²) in [6.45, 7) is 7.74. The Morgan fingerprint density at radius 3 is 2.67 bits per heavy atom. The summed E-state index contributed by atoms with van der Waals surface area (Å²) in [5.41, 5.74) is 1.81. The molecule has 1 aromatic carbocycles. The quantitative estimate of drug-likeness (QED) is 0.474. The van der Waals surface area contributed by atoms with E-state index in [1.165, 1.54) is 25.7 Å². The number of ether oxygens (including phenoxy) is 2. The van der Waals surface area contributed by atoms with Gasteiger partial charge in [0.15, 0.2) is 5.96 Å². The van der Waals surface area contributed by atoms with Gasteiger partial charge in [-0.3, -0.25) is 0 Å². The molecule has 0 atom stereocenters. The predicted molar refractivity (Wildman–Crippen MR) is 120 cm³/mol. The van der Waals surface area contributed by atoms with Crippen molar-refractivity contribution in [2.24, 2.45) is 10.4 Å². The maximum atomic E-state index is 14.7. The van der Waals surface area contributed by atoms with Gasteiger partial charge in [0.2, 0.25) is 0 Å². The van der Waals surface area contributed by atoms with Gasteiger partial charge < -0.3 is 25.0 Å². The number of hydrogen-bond acceptors (Lipinski definition) is 4. The van der Waals surface area contributed by atoms with Crippen molar-refractivity contribution in [2.45, 2.75) is 45.6 Å². The number of benzene rings is 1. The number of halogens is 1. The fraction of sp³-hybridized carbons (Fsp3) is 0.696. The lowest BCUT2D eigenvalue weighted by molar-refractivity contribution is 0.122. The molecule has 0 aromatic heterocycles. The number of anilines is 1. The van der Waals surface area contributed by atoms with Crippen molar-refractivity contribution in [3.8, 4) is 0 Å². The van der Waals surface area contributed by atoms with Crippen LogP contribution in [0.5, 0.6) is 0 Å². The molecular weight excluding hydrogens is 383 g/mol. The minimum atomic E-state index is -0.188. The van der Waals surface area contributed by atoms with Crippen molar-refractivity contribution in [2.75, 3.05) is 58.0 Å². The Labute approximate surface area is 180 Å². The molecule has 1 heterocycles. The maximum absolute atomic E-state index is 14.7. The summed E-state index contributed by atoms with van der Waals surface area (Å²) in [5, 5.41) is 6.85. The van der Waals surface area contributed by atoms with Crippen LogP contribution in [0.1, 0.15) is 44.6 Å². The average molecular weight is 421 g/mol. The Hall–Kier alpha value is -1.86. The van der Waals surface area contributed by atoms with Gasteiger partial charge in [-0.05, 0) is 49.3 Å². The minimum Gasteiger partial charge on any atom is -0.385 e. The second-order valence-electron chi connectivity index (χ2n) is 8.38. The van der Waals surface area contributed by atoms with E-state index in [-0.39, 0.29) is 11.2 Å². The fourth-order valence-corrected chi connectivity index (χ4v) is 4.45. The van der Waals surface area contributed by atoms with Gasteiger partial charge in [-0.25, -0.2) is 9.38 Å². The molecule has 2 N–H and O–H groups in total. The zero-order chi connectivity index (χ0) is 21.2. The van der Waals surface area contributed by atoms with Crippen LogP contribution in [0.2, 0.25) is 0 Å². The third-order valence-corrected chi connectivity index (χ3v) is 6.26. The van der Waals surface area contributed by atoms with Crippen molar-refractivity contribution in [3.63, 3.8) is 0 Å². The second kappa shape index (κ2) is 11.5. The van der Waals surface area contributed by atoms with Gasteiger partial charge in [-0.1, -0.05) is 18.9 Å². The molecule has 0 amide bonds. The van der Waals surface area contributed by atoms with Crippen LogP contribution in [0.4, 0.5) is 10.1 Å². The lowest BCUT2D eigenvalue weighted by atomic mass is 9.83. The number of morpholine rings is 1. The molecule has 7 heteroatoms. The Balaban J connectivity index is 1.60. The van der Waals surface area contributed by atoms with E-state index >= 15 is 0 Å². The zero-order valence-electron chi connectivity index (χ0n) is 18.5. The SMILES string of the molecule is CCNC(=NCc1ccc(N2CCOCC2)c(F)c1)NCC1(CCOC)CCCC1. The highest BCUT2D eigenvalue weighted by Gasteiger charge is 2.33. The molecule has 1 aliphatic heterocycles. The first kappa shape index (κ1) is 22.8. The number of hydrogen-bond donors (Lipinski definition) is 2. The first-order chi connectivity index (χ1) is 14.7. The van der Waals surface area contributed by atoms with E-state index < -0.39 is 0 Å². The molecule has 0 spiro atoms. The van der Waals surface area contributed by atoms with Gasteiger partial charge in [0.25, 0.3) is 0 Å². The number of guanidine groups is 1. The highest BCUT2D eigenvalue weighted by atomic mass is 19.1. The highest BCUT2D eigenvalue weighted by molar-refractivity contribution is 5.79. The molecule has 0 bridgehead atoms. The number of nitrogens with one attached hydrogen (secondary N) is 2. The van der Waals surface area contributed by atoms with Crippen molar-refractivity contribution < 1.29 is 13.9 Å². The number of rotatable bonds is 9. The smallest absolute Gasteiger partial charge is 0.191 e. The van der Waals surface area contributed by atoms with Crippen LogP contribution in [0.15, 0.2) is 23.2 Å². The molecule has 1 saturated heterocycles. The van der Waals surface area contributed by atoms with Crippen molar-refractivity contribution in [1.82, 2.24) is 10.6 Å². The number of methoxy groups -OCH3 is 1. The first-order valence-corrected chi connectivity index (χ1v) is 11.3. The number of aliphatic imine (C=N–C) groups is 1. The first-order valence-electron chi connectivity index (χ1n) is 11.3. The van der Waals surface area contributed by atoms with Gasteiger partial charge in [0.1, 0.15) is 5.82 Å². The molecule has 2 fully saturated rings. The molecule has 168 valence electrons. The average Bonchev–Trinajstić information content (AvgIpc) is 3.24. The Kier molecular flexibility index (Phi) is 8.75. The third kappa shape index (κ3) is 6.32. The summed E-state index contributed by atoms with van der Waals surface area (Å²) < 4.78 is 25.3. The largest absolute Gasteiger partial charge is 0.385 e. The lowest BCUT2D eigenvalue weighted by Gasteiger charge is -2.30. The van der Waals surface area contributed by atoms with Crippen molar-refractivity contribution in [1.29, 1.82) is 0 Å². The Morgan fingerprint density at radius 2 is 2.00 bits per heavy atom. The zero-order valence-corrected chi connectivity index (χ0v) is 18.5. The molecule has 30 heavy (non-hydrogen) atoms. The summed E-state index contributed by atoms with van der Waals surface area (Å²) in [6, 6.07) is 5.44. The van der Waals surface area contributed by atoms with E-state index in [4.69, 9.17) is 14.5 Å². The lowest BCUT2D eigenvalue weighted by Crippen LogP contribution is -2.43. The summed E-state index contributed by atoms with van der Waals surface area (Å²) in [7, 11) is 1.77. The predicted octanol–water partition coefficient (Wildman–Crippen LogP) is 3.31. The minimum absolute atomic E-state index is 0.188. The van der Waals surface area contributed by atoms with E-state index in [0.717, 1.165) is 50.7 Å². The summed E-state index contributed by atoms with van der Waals surface area (Å²) >= 11 is 0. The normalized spacial score (nSPS) is 19.2. The van der Waals surface area contributed by atoms with E-state index in [1.807, 2.05) is 17.0 Å². The topological polar surface area (TPSA) is 58.1 Å². The molecule has 0 radical (unpaired) electrons. The van der Waals surface area contributed by atoms with E-state index in [0.29, 0.717) is 25.4 Å². The van der Waals surface area contributed by atoms with Gasteiger partial charge >= 0.3 is 0 Å². The van der Waals surface area contributed by atoms with Gasteiger partial charge in [0.05, 0.1) is 25.4 Å². The van der Waals surface area contributed by atoms with Crippen molar-refractivity contribution >= 4 is 11.6 Å².